The Morgan fingerprint density at radius 2 is 2.00 bits per heavy atom. The van der Waals surface area contributed by atoms with E-state index in [-0.39, 0.29) is 0 Å². The molecule has 110 valence electrons. The summed E-state index contributed by atoms with van der Waals surface area (Å²) in [6.45, 7) is 7.50. The third-order valence-electron chi connectivity index (χ3n) is 4.38. The lowest BCUT2D eigenvalue weighted by molar-refractivity contribution is 0.718. The maximum absolute atomic E-state index is 4.92. The molecule has 0 bridgehead atoms. The van der Waals surface area contributed by atoms with Crippen molar-refractivity contribution in [2.75, 3.05) is 0 Å². The molecule has 0 aliphatic rings. The first-order valence-corrected chi connectivity index (χ1v) is 7.84. The molecule has 1 aromatic carbocycles. The van der Waals surface area contributed by atoms with Crippen LogP contribution in [0.25, 0.3) is 33.0 Å². The largest absolute Gasteiger partial charge is 0.325 e. The highest BCUT2D eigenvalue weighted by Gasteiger charge is 2.16. The number of fused-ring (bicyclic) bond motifs is 4. The second-order valence-electron chi connectivity index (χ2n) is 5.98. The van der Waals surface area contributed by atoms with Gasteiger partial charge >= 0.3 is 0 Å². The van der Waals surface area contributed by atoms with Gasteiger partial charge in [-0.3, -0.25) is 4.98 Å². The van der Waals surface area contributed by atoms with Crippen LogP contribution in [0.4, 0.5) is 0 Å². The van der Waals surface area contributed by atoms with Gasteiger partial charge in [0, 0.05) is 23.5 Å². The van der Waals surface area contributed by atoms with Crippen LogP contribution in [-0.2, 0) is 6.54 Å². The molecule has 0 saturated heterocycles. The first-order valence-electron chi connectivity index (χ1n) is 7.84. The molecular weight excluding hydrogens is 270 g/mol. The molecule has 0 aliphatic carbocycles. The van der Waals surface area contributed by atoms with Crippen molar-refractivity contribution < 1.29 is 0 Å². The molecule has 4 rings (SSSR count). The summed E-state index contributed by atoms with van der Waals surface area (Å²) in [6, 6.07) is 10.7. The van der Waals surface area contributed by atoms with Crippen LogP contribution in [0.15, 0.2) is 36.5 Å². The summed E-state index contributed by atoms with van der Waals surface area (Å²) in [5.74, 6) is 0. The van der Waals surface area contributed by atoms with E-state index in [1.165, 1.54) is 27.4 Å². The smallest absolute Gasteiger partial charge is 0.142 e. The van der Waals surface area contributed by atoms with Crippen LogP contribution in [0, 0.1) is 13.8 Å². The SMILES string of the molecule is CCCn1c2ccc(C)cc2c2c(C)c3ncccc3nc21. The first kappa shape index (κ1) is 13.3. The minimum absolute atomic E-state index is 0.976. The van der Waals surface area contributed by atoms with Crippen LogP contribution in [0.1, 0.15) is 24.5 Å². The van der Waals surface area contributed by atoms with E-state index in [1.807, 2.05) is 18.3 Å². The van der Waals surface area contributed by atoms with Crippen molar-refractivity contribution in [2.45, 2.75) is 33.7 Å². The van der Waals surface area contributed by atoms with Gasteiger partial charge in [-0.1, -0.05) is 18.6 Å². The Morgan fingerprint density at radius 3 is 2.82 bits per heavy atom. The van der Waals surface area contributed by atoms with Gasteiger partial charge in [-0.15, -0.1) is 0 Å². The van der Waals surface area contributed by atoms with Crippen molar-refractivity contribution in [3.05, 3.63) is 47.7 Å². The van der Waals surface area contributed by atoms with E-state index in [1.54, 1.807) is 0 Å². The van der Waals surface area contributed by atoms with E-state index < -0.39 is 0 Å². The lowest BCUT2D eigenvalue weighted by atomic mass is 10.1. The minimum atomic E-state index is 0.976. The number of hydrogen-bond acceptors (Lipinski definition) is 2. The molecule has 4 aromatic rings. The topological polar surface area (TPSA) is 30.7 Å². The molecule has 0 spiro atoms. The Kier molecular flexibility index (Phi) is 2.89. The van der Waals surface area contributed by atoms with Crippen molar-refractivity contribution in [2.24, 2.45) is 0 Å². The zero-order chi connectivity index (χ0) is 15.3. The third-order valence-corrected chi connectivity index (χ3v) is 4.38. The van der Waals surface area contributed by atoms with Crippen molar-refractivity contribution in [1.82, 2.24) is 14.5 Å². The molecule has 3 heterocycles. The van der Waals surface area contributed by atoms with Gasteiger partial charge in [0.15, 0.2) is 0 Å². The summed E-state index contributed by atoms with van der Waals surface area (Å²) >= 11 is 0. The molecule has 0 amide bonds. The van der Waals surface area contributed by atoms with Crippen LogP contribution < -0.4 is 0 Å². The number of aromatic nitrogens is 3. The zero-order valence-corrected chi connectivity index (χ0v) is 13.2. The molecule has 0 N–H and O–H groups in total. The van der Waals surface area contributed by atoms with Gasteiger partial charge in [0.25, 0.3) is 0 Å². The normalized spacial score (nSPS) is 11.8. The van der Waals surface area contributed by atoms with E-state index in [0.29, 0.717) is 0 Å². The lowest BCUT2D eigenvalue weighted by Crippen LogP contribution is -1.98. The van der Waals surface area contributed by atoms with Crippen molar-refractivity contribution in [3.63, 3.8) is 0 Å². The fraction of sp³-hybridized carbons (Fsp3) is 0.263. The molecule has 22 heavy (non-hydrogen) atoms. The average molecular weight is 289 g/mol. The van der Waals surface area contributed by atoms with E-state index in [0.717, 1.165) is 29.6 Å². The zero-order valence-electron chi connectivity index (χ0n) is 13.2. The predicted molar refractivity (Wildman–Crippen MR) is 92.3 cm³/mol. The Bertz CT molecular complexity index is 1010. The molecule has 0 saturated carbocycles. The summed E-state index contributed by atoms with van der Waals surface area (Å²) in [5.41, 5.74) is 6.85. The fourth-order valence-corrected chi connectivity index (χ4v) is 3.40. The van der Waals surface area contributed by atoms with Gasteiger partial charge in [-0.25, -0.2) is 4.98 Å². The number of pyridine rings is 2. The van der Waals surface area contributed by atoms with E-state index in [9.17, 15) is 0 Å². The molecular formula is C19H19N3. The maximum Gasteiger partial charge on any atom is 0.142 e. The van der Waals surface area contributed by atoms with Gasteiger partial charge in [-0.2, -0.15) is 0 Å². The van der Waals surface area contributed by atoms with E-state index >= 15 is 0 Å². The summed E-state index contributed by atoms with van der Waals surface area (Å²) in [7, 11) is 0. The summed E-state index contributed by atoms with van der Waals surface area (Å²) in [6.07, 6.45) is 2.94. The predicted octanol–water partition coefficient (Wildman–Crippen LogP) is 4.76. The Labute approximate surface area is 129 Å². The molecule has 3 heteroatoms. The molecule has 3 nitrogen and oxygen atoms in total. The quantitative estimate of drug-likeness (QED) is 0.532. The van der Waals surface area contributed by atoms with Gasteiger partial charge in [-0.05, 0) is 50.1 Å². The first-order chi connectivity index (χ1) is 10.7. The van der Waals surface area contributed by atoms with Crippen LogP contribution in [0.2, 0.25) is 0 Å². The minimum Gasteiger partial charge on any atom is -0.325 e. The molecule has 0 unspecified atom stereocenters. The van der Waals surface area contributed by atoms with Gasteiger partial charge < -0.3 is 4.57 Å². The van der Waals surface area contributed by atoms with E-state index in [4.69, 9.17) is 4.98 Å². The monoisotopic (exact) mass is 289 g/mol. The van der Waals surface area contributed by atoms with Crippen LogP contribution >= 0.6 is 0 Å². The van der Waals surface area contributed by atoms with Crippen molar-refractivity contribution >= 4 is 33.0 Å². The van der Waals surface area contributed by atoms with Gasteiger partial charge in [0.1, 0.15) is 5.65 Å². The number of benzene rings is 1. The van der Waals surface area contributed by atoms with Crippen LogP contribution in [0.5, 0.6) is 0 Å². The number of hydrogen-bond donors (Lipinski definition) is 0. The number of nitrogens with zero attached hydrogens (tertiary/aromatic N) is 3. The van der Waals surface area contributed by atoms with Crippen LogP contribution in [-0.4, -0.2) is 14.5 Å². The molecule has 0 fully saturated rings. The Morgan fingerprint density at radius 1 is 1.14 bits per heavy atom. The molecule has 3 aromatic heterocycles. The second kappa shape index (κ2) is 4.80. The fourth-order valence-electron chi connectivity index (χ4n) is 3.40. The van der Waals surface area contributed by atoms with Crippen molar-refractivity contribution in [1.29, 1.82) is 0 Å². The summed E-state index contributed by atoms with van der Waals surface area (Å²) < 4.78 is 2.35. The standard InChI is InChI=1S/C19H19N3/c1-4-10-22-16-8-7-12(2)11-14(16)17-13(3)18-15(21-19(17)22)6-5-9-20-18/h5-9,11H,4,10H2,1-3H3. The van der Waals surface area contributed by atoms with Crippen LogP contribution in [0.3, 0.4) is 0 Å². The number of rotatable bonds is 2. The average Bonchev–Trinajstić information content (AvgIpc) is 2.82. The molecule has 0 radical (unpaired) electrons. The molecule has 0 aliphatic heterocycles. The highest BCUT2D eigenvalue weighted by atomic mass is 15.0. The third kappa shape index (κ3) is 1.75. The molecule has 0 atom stereocenters. The Balaban J connectivity index is 2.28. The highest BCUT2D eigenvalue weighted by Crippen LogP contribution is 2.33. The van der Waals surface area contributed by atoms with Gasteiger partial charge in [0.2, 0.25) is 0 Å². The van der Waals surface area contributed by atoms with Crippen molar-refractivity contribution in [3.8, 4) is 0 Å². The summed E-state index contributed by atoms with van der Waals surface area (Å²) in [5, 5.41) is 2.54. The summed E-state index contributed by atoms with van der Waals surface area (Å²) in [4.78, 5) is 9.47. The van der Waals surface area contributed by atoms with Gasteiger partial charge in [0.05, 0.1) is 16.6 Å². The lowest BCUT2D eigenvalue weighted by Gasteiger charge is -2.06. The highest BCUT2D eigenvalue weighted by molar-refractivity contribution is 6.12. The number of aryl methyl sites for hydroxylation is 3. The Hall–Kier alpha value is -2.42. The van der Waals surface area contributed by atoms with E-state index in [2.05, 4.69) is 48.5 Å². The second-order valence-corrected chi connectivity index (χ2v) is 5.98. The maximum atomic E-state index is 4.92.